The van der Waals surface area contributed by atoms with Gasteiger partial charge in [0.25, 0.3) is 0 Å². The van der Waals surface area contributed by atoms with Crippen molar-refractivity contribution in [2.45, 2.75) is 18.2 Å². The molecule has 0 aliphatic heterocycles. The van der Waals surface area contributed by atoms with Crippen LogP contribution < -0.4 is 11.5 Å². The van der Waals surface area contributed by atoms with Crippen molar-refractivity contribution < 1.29 is 8.76 Å². The molecule has 1 rings (SSSR count). The quantitative estimate of drug-likeness (QED) is 0.402. The molecule has 0 bridgehead atoms. The molecule has 0 spiro atoms. The van der Waals surface area contributed by atoms with Crippen molar-refractivity contribution in [2.75, 3.05) is 0 Å². The predicted molar refractivity (Wildman–Crippen MR) is 60.3 cm³/mol. The van der Waals surface area contributed by atoms with E-state index in [9.17, 15) is 4.21 Å². The molecule has 0 aliphatic rings. The topological polar surface area (TPSA) is 102 Å². The molecule has 82 valence electrons. The predicted octanol–water partition coefficient (Wildman–Crippen LogP) is 0.735. The summed E-state index contributed by atoms with van der Waals surface area (Å²) in [6.07, 6.45) is 0.811. The minimum absolute atomic E-state index is 0.130. The van der Waals surface area contributed by atoms with Crippen molar-refractivity contribution in [1.29, 1.82) is 0 Å². The number of nitrogens with two attached hydrogens (primary N) is 2. The second kappa shape index (κ2) is 4.90. The number of guanidine groups is 1. The van der Waals surface area contributed by atoms with Crippen molar-refractivity contribution in [2.24, 2.45) is 16.5 Å². The van der Waals surface area contributed by atoms with Gasteiger partial charge in [0, 0.05) is 0 Å². The molecule has 0 radical (unpaired) electrons. The summed E-state index contributed by atoms with van der Waals surface area (Å²) in [5, 5.41) is 0. The number of hydrogen-bond donors (Lipinski definition) is 3. The van der Waals surface area contributed by atoms with Crippen molar-refractivity contribution in [3.8, 4) is 0 Å². The molecule has 0 aliphatic carbocycles. The zero-order valence-electron chi connectivity index (χ0n) is 8.30. The van der Waals surface area contributed by atoms with Gasteiger partial charge in [0.15, 0.2) is 17.0 Å². The van der Waals surface area contributed by atoms with Crippen molar-refractivity contribution in [1.82, 2.24) is 0 Å². The second-order valence-corrected chi connectivity index (χ2v) is 3.88. The van der Waals surface area contributed by atoms with Crippen molar-refractivity contribution >= 4 is 22.7 Å². The maximum absolute atomic E-state index is 11.0. The summed E-state index contributed by atoms with van der Waals surface area (Å²) in [5.74, 6) is -0.130. The van der Waals surface area contributed by atoms with E-state index < -0.39 is 11.1 Å². The third kappa shape index (κ3) is 3.03. The Balaban J connectivity index is 3.29. The van der Waals surface area contributed by atoms with Crippen LogP contribution in [0.15, 0.2) is 28.1 Å². The summed E-state index contributed by atoms with van der Waals surface area (Å²) in [6, 6.07) is 5.02. The van der Waals surface area contributed by atoms with E-state index >= 15 is 0 Å². The van der Waals surface area contributed by atoms with Gasteiger partial charge in [-0.25, -0.2) is 9.20 Å². The van der Waals surface area contributed by atoms with Crippen molar-refractivity contribution in [3.05, 3.63) is 23.8 Å². The fraction of sp³-hybridized carbons (Fsp3) is 0.222. The lowest BCUT2D eigenvalue weighted by Gasteiger charge is -2.04. The van der Waals surface area contributed by atoms with Gasteiger partial charge in [0.1, 0.15) is 0 Å². The Morgan fingerprint density at radius 2 is 2.20 bits per heavy atom. The summed E-state index contributed by atoms with van der Waals surface area (Å²) >= 11 is -2.09. The Hall–Kier alpha value is -1.40. The van der Waals surface area contributed by atoms with Crippen LogP contribution in [-0.4, -0.2) is 14.7 Å². The van der Waals surface area contributed by atoms with Gasteiger partial charge >= 0.3 is 0 Å². The molecule has 0 saturated heterocycles. The highest BCUT2D eigenvalue weighted by molar-refractivity contribution is 7.79. The zero-order valence-corrected chi connectivity index (χ0v) is 9.12. The SMILES string of the molecule is CCc1ccc(S(=O)O)c(N=C(N)N)c1. The fourth-order valence-corrected chi connectivity index (χ4v) is 1.62. The fourth-order valence-electron chi connectivity index (χ4n) is 1.16. The first-order chi connectivity index (χ1) is 7.04. The molecule has 0 saturated carbocycles. The molecule has 15 heavy (non-hydrogen) atoms. The standard InChI is InChI=1S/C9H13N3O2S/c1-2-6-3-4-8(15(13)14)7(5-6)12-9(10)11/h3-5H,2H2,1H3,(H,13,14)(H4,10,11,12). The Morgan fingerprint density at radius 1 is 1.53 bits per heavy atom. The number of rotatable bonds is 3. The lowest BCUT2D eigenvalue weighted by atomic mass is 10.1. The molecule has 1 atom stereocenters. The molecule has 6 heteroatoms. The summed E-state index contributed by atoms with van der Waals surface area (Å²) in [4.78, 5) is 4.02. The van der Waals surface area contributed by atoms with Gasteiger partial charge < -0.3 is 16.0 Å². The summed E-state index contributed by atoms with van der Waals surface area (Å²) in [6.45, 7) is 1.98. The summed E-state index contributed by atoms with van der Waals surface area (Å²) in [7, 11) is 0. The monoisotopic (exact) mass is 227 g/mol. The molecule has 0 amide bonds. The Morgan fingerprint density at radius 3 is 2.67 bits per heavy atom. The average Bonchev–Trinajstić information content (AvgIpc) is 2.16. The first kappa shape index (κ1) is 11.7. The van der Waals surface area contributed by atoms with E-state index in [2.05, 4.69) is 4.99 Å². The van der Waals surface area contributed by atoms with Crippen LogP contribution in [0.25, 0.3) is 0 Å². The van der Waals surface area contributed by atoms with Crippen molar-refractivity contribution in [3.63, 3.8) is 0 Å². The Labute approximate surface area is 90.5 Å². The third-order valence-electron chi connectivity index (χ3n) is 1.87. The van der Waals surface area contributed by atoms with E-state index in [4.69, 9.17) is 16.0 Å². The molecule has 1 aromatic carbocycles. The van der Waals surface area contributed by atoms with E-state index in [1.54, 1.807) is 18.2 Å². The van der Waals surface area contributed by atoms with Gasteiger partial charge in [-0.2, -0.15) is 0 Å². The maximum atomic E-state index is 11.0. The number of nitrogens with zero attached hydrogens (tertiary/aromatic N) is 1. The van der Waals surface area contributed by atoms with E-state index in [0.717, 1.165) is 12.0 Å². The average molecular weight is 227 g/mol. The highest BCUT2D eigenvalue weighted by Crippen LogP contribution is 2.23. The Bertz CT molecular complexity index is 414. The number of benzene rings is 1. The number of aryl methyl sites for hydroxylation is 1. The molecular formula is C9H13N3O2S. The van der Waals surface area contributed by atoms with E-state index in [1.807, 2.05) is 6.92 Å². The minimum atomic E-state index is -2.09. The van der Waals surface area contributed by atoms with Gasteiger partial charge in [-0.05, 0) is 24.1 Å². The highest BCUT2D eigenvalue weighted by atomic mass is 32.2. The first-order valence-electron chi connectivity index (χ1n) is 4.38. The van der Waals surface area contributed by atoms with Crippen LogP contribution in [0.3, 0.4) is 0 Å². The zero-order chi connectivity index (χ0) is 11.4. The lowest BCUT2D eigenvalue weighted by Crippen LogP contribution is -2.22. The van der Waals surface area contributed by atoms with Gasteiger partial charge in [-0.15, -0.1) is 0 Å². The number of hydrogen-bond acceptors (Lipinski definition) is 2. The molecule has 0 aromatic heterocycles. The molecule has 1 aromatic rings. The highest BCUT2D eigenvalue weighted by Gasteiger charge is 2.08. The van der Waals surface area contributed by atoms with Crippen LogP contribution in [0.2, 0.25) is 0 Å². The largest absolute Gasteiger partial charge is 0.370 e. The van der Waals surface area contributed by atoms with E-state index in [1.165, 1.54) is 0 Å². The van der Waals surface area contributed by atoms with E-state index in [-0.39, 0.29) is 10.9 Å². The second-order valence-electron chi connectivity index (χ2n) is 2.94. The van der Waals surface area contributed by atoms with Gasteiger partial charge in [-0.3, -0.25) is 0 Å². The van der Waals surface area contributed by atoms with Crippen LogP contribution in [0.1, 0.15) is 12.5 Å². The van der Waals surface area contributed by atoms with Gasteiger partial charge in [-0.1, -0.05) is 13.0 Å². The van der Waals surface area contributed by atoms with Crippen LogP contribution in [0.5, 0.6) is 0 Å². The minimum Gasteiger partial charge on any atom is -0.370 e. The molecule has 5 N–H and O–H groups in total. The smallest absolute Gasteiger partial charge is 0.191 e. The molecule has 5 nitrogen and oxygen atoms in total. The normalized spacial score (nSPS) is 12.1. The third-order valence-corrected chi connectivity index (χ3v) is 2.59. The van der Waals surface area contributed by atoms with Crippen LogP contribution in [-0.2, 0) is 17.5 Å². The van der Waals surface area contributed by atoms with E-state index in [0.29, 0.717) is 5.69 Å². The van der Waals surface area contributed by atoms with Gasteiger partial charge in [0.05, 0.1) is 10.6 Å². The molecular weight excluding hydrogens is 214 g/mol. The summed E-state index contributed by atoms with van der Waals surface area (Å²) in [5.41, 5.74) is 11.8. The molecule has 1 unspecified atom stereocenters. The number of aliphatic imine (C=N–C) groups is 1. The molecule has 0 fully saturated rings. The first-order valence-corrected chi connectivity index (χ1v) is 5.48. The Kier molecular flexibility index (Phi) is 3.81. The van der Waals surface area contributed by atoms with Crippen LogP contribution in [0.4, 0.5) is 5.69 Å². The van der Waals surface area contributed by atoms with Gasteiger partial charge in [0.2, 0.25) is 0 Å². The lowest BCUT2D eigenvalue weighted by molar-refractivity contribution is 0.564. The maximum Gasteiger partial charge on any atom is 0.191 e. The molecule has 0 heterocycles. The van der Waals surface area contributed by atoms with Crippen LogP contribution >= 0.6 is 0 Å². The summed E-state index contributed by atoms with van der Waals surface area (Å²) < 4.78 is 20.0. The van der Waals surface area contributed by atoms with Crippen LogP contribution in [0, 0.1) is 0 Å².